The number of halogens is 5. The van der Waals surface area contributed by atoms with Crippen LogP contribution in [0.15, 0.2) is 45.2 Å². The van der Waals surface area contributed by atoms with Crippen molar-refractivity contribution in [1.29, 1.82) is 0 Å². The summed E-state index contributed by atoms with van der Waals surface area (Å²) in [6.45, 7) is 2.94. The lowest BCUT2D eigenvalue weighted by molar-refractivity contribution is -0.192. The monoisotopic (exact) mass is 604 g/mol. The molecule has 13 nitrogen and oxygen atoms in total. The number of anilines is 1. The molecule has 0 fully saturated rings. The number of carbonyl (C=O) groups excluding carboxylic acids is 1. The van der Waals surface area contributed by atoms with Crippen LogP contribution >= 0.6 is 23.2 Å². The van der Waals surface area contributed by atoms with Crippen LogP contribution in [-0.4, -0.2) is 48.2 Å². The fourth-order valence-corrected chi connectivity index (χ4v) is 4.56. The van der Waals surface area contributed by atoms with Crippen molar-refractivity contribution < 1.29 is 41.1 Å². The van der Waals surface area contributed by atoms with Gasteiger partial charge in [-0.2, -0.15) is 13.2 Å². The van der Waals surface area contributed by atoms with E-state index in [0.717, 1.165) is 4.57 Å². The van der Waals surface area contributed by atoms with Crippen molar-refractivity contribution in [3.8, 4) is 0 Å². The Kier molecular flexibility index (Phi) is 10.8. The zero-order valence-corrected chi connectivity index (χ0v) is 21.7. The van der Waals surface area contributed by atoms with Crippen LogP contribution in [0.4, 0.5) is 18.9 Å². The molecular formula is C19H21Cl2F3N6O7S. The van der Waals surface area contributed by atoms with Gasteiger partial charge < -0.3 is 27.1 Å². The number of nitrogens with one attached hydrogen (secondary N) is 1. The third-order valence-electron chi connectivity index (χ3n) is 4.33. The molecule has 0 saturated carbocycles. The molecule has 0 saturated heterocycles. The van der Waals surface area contributed by atoms with Gasteiger partial charge in [0.2, 0.25) is 11.9 Å². The normalized spacial score (nSPS) is 12.8. The number of carboxylic acid groups (broad SMARTS) is 1. The zero-order valence-electron chi connectivity index (χ0n) is 19.4. The van der Waals surface area contributed by atoms with Crippen LogP contribution in [0.25, 0.3) is 0 Å². The van der Waals surface area contributed by atoms with E-state index < -0.39 is 51.7 Å². The fourth-order valence-electron chi connectivity index (χ4n) is 2.73. The topological polar surface area (TPSA) is 222 Å². The molecule has 1 aromatic carbocycles. The maximum absolute atomic E-state index is 13.1. The second kappa shape index (κ2) is 12.7. The molecule has 1 aromatic heterocycles. The lowest BCUT2D eigenvalue weighted by atomic mass is 10.1. The number of aromatic nitrogens is 1. The van der Waals surface area contributed by atoms with E-state index in [1.54, 1.807) is 0 Å². The Morgan fingerprint density at radius 3 is 2.16 bits per heavy atom. The van der Waals surface area contributed by atoms with E-state index in [-0.39, 0.29) is 20.6 Å². The number of rotatable bonds is 8. The minimum absolute atomic E-state index is 0.137. The van der Waals surface area contributed by atoms with Gasteiger partial charge >= 0.3 is 12.1 Å². The SMILES string of the molecule is Cc1ccc(NS(=O)(=O)c2ccc(Cl)cc2Cl)c(=O)n1C(C(N)=O)C(C)ON=C(N)N.O=C(O)C(F)(F)F. The molecule has 0 radical (unpaired) electrons. The molecule has 38 heavy (non-hydrogen) atoms. The van der Waals surface area contributed by atoms with Crippen molar-refractivity contribution in [2.45, 2.75) is 37.1 Å². The number of aliphatic carboxylic acids is 1. The molecule has 0 bridgehead atoms. The second-order valence-corrected chi connectivity index (χ2v) is 9.72. The summed E-state index contributed by atoms with van der Waals surface area (Å²) in [5.74, 6) is -4.09. The molecule has 2 aromatic rings. The van der Waals surface area contributed by atoms with E-state index >= 15 is 0 Å². The van der Waals surface area contributed by atoms with Gasteiger partial charge in [0.05, 0.1) is 5.02 Å². The number of guanidine groups is 1. The molecule has 1 heterocycles. The van der Waals surface area contributed by atoms with Gasteiger partial charge in [-0.3, -0.25) is 18.9 Å². The Labute approximate surface area is 223 Å². The maximum atomic E-state index is 13.1. The third kappa shape index (κ3) is 8.70. The molecule has 1 amide bonds. The summed E-state index contributed by atoms with van der Waals surface area (Å²) in [6.07, 6.45) is -6.14. The average Bonchev–Trinajstić information content (AvgIpc) is 2.76. The first-order chi connectivity index (χ1) is 17.3. The Morgan fingerprint density at radius 1 is 1.16 bits per heavy atom. The predicted octanol–water partition coefficient (Wildman–Crippen LogP) is 1.52. The van der Waals surface area contributed by atoms with Gasteiger partial charge in [-0.15, -0.1) is 0 Å². The summed E-state index contributed by atoms with van der Waals surface area (Å²) >= 11 is 11.8. The minimum atomic E-state index is -5.08. The van der Waals surface area contributed by atoms with Crippen LogP contribution in [0, 0.1) is 6.92 Å². The average molecular weight is 605 g/mol. The molecule has 210 valence electrons. The summed E-state index contributed by atoms with van der Waals surface area (Å²) in [4.78, 5) is 38.8. The number of aryl methyl sites for hydroxylation is 1. The molecule has 2 atom stereocenters. The number of nitrogens with two attached hydrogens (primary N) is 3. The fraction of sp³-hybridized carbons (Fsp3) is 0.263. The number of alkyl halides is 3. The Hall–Kier alpha value is -3.70. The number of sulfonamides is 1. The number of pyridine rings is 1. The van der Waals surface area contributed by atoms with Crippen LogP contribution < -0.4 is 27.5 Å². The molecule has 0 aliphatic carbocycles. The van der Waals surface area contributed by atoms with Crippen LogP contribution in [-0.2, 0) is 24.4 Å². The van der Waals surface area contributed by atoms with E-state index in [9.17, 15) is 31.2 Å². The van der Waals surface area contributed by atoms with Gasteiger partial charge in [-0.05, 0) is 49.3 Å². The predicted molar refractivity (Wildman–Crippen MR) is 131 cm³/mol. The highest BCUT2D eigenvalue weighted by Gasteiger charge is 2.38. The number of benzene rings is 1. The third-order valence-corrected chi connectivity index (χ3v) is 6.41. The van der Waals surface area contributed by atoms with E-state index in [2.05, 4.69) is 9.88 Å². The standard InChI is InChI=1S/C17H20Cl2N6O5S.C2HF3O2/c1-8-3-5-12(24-31(28,29)13-6-4-10(18)7-11(13)19)16(27)25(8)14(15(20)26)9(2)30-23-17(21)22;3-2(4,5)1(6)7/h3-7,9,14,24H,1-2H3,(H2,20,26)(H4,21,22,23);(H,6,7). The van der Waals surface area contributed by atoms with Crippen molar-refractivity contribution in [2.24, 2.45) is 22.4 Å². The van der Waals surface area contributed by atoms with Crippen LogP contribution in [0.2, 0.25) is 10.0 Å². The van der Waals surface area contributed by atoms with Crippen LogP contribution in [0.3, 0.4) is 0 Å². The first kappa shape index (κ1) is 32.3. The first-order valence-corrected chi connectivity index (χ1v) is 12.1. The van der Waals surface area contributed by atoms with Crippen LogP contribution in [0.5, 0.6) is 0 Å². The molecule has 0 aliphatic rings. The van der Waals surface area contributed by atoms with Crippen molar-refractivity contribution in [3.05, 3.63) is 56.4 Å². The maximum Gasteiger partial charge on any atom is 0.490 e. The number of oxime groups is 1. The Morgan fingerprint density at radius 2 is 1.71 bits per heavy atom. The zero-order chi connectivity index (χ0) is 29.6. The minimum Gasteiger partial charge on any atom is -0.475 e. The number of primary amides is 1. The van der Waals surface area contributed by atoms with Gasteiger partial charge in [-0.1, -0.05) is 23.2 Å². The van der Waals surface area contributed by atoms with E-state index in [1.165, 1.54) is 44.2 Å². The van der Waals surface area contributed by atoms with E-state index in [1.807, 2.05) is 0 Å². The van der Waals surface area contributed by atoms with Gasteiger partial charge in [0.25, 0.3) is 15.6 Å². The molecular weight excluding hydrogens is 584 g/mol. The lowest BCUT2D eigenvalue weighted by Crippen LogP contribution is -2.42. The Bertz CT molecular complexity index is 1400. The number of hydrogen-bond acceptors (Lipinski definition) is 7. The number of carbonyl (C=O) groups is 2. The largest absolute Gasteiger partial charge is 0.490 e. The molecule has 2 unspecified atom stereocenters. The van der Waals surface area contributed by atoms with Gasteiger partial charge in [0.15, 0.2) is 12.1 Å². The van der Waals surface area contributed by atoms with E-state index in [4.69, 9.17) is 55.1 Å². The molecule has 0 aliphatic heterocycles. The van der Waals surface area contributed by atoms with Crippen molar-refractivity contribution in [1.82, 2.24) is 4.57 Å². The summed E-state index contributed by atoms with van der Waals surface area (Å²) in [6, 6.07) is 5.09. The number of hydrogen-bond donors (Lipinski definition) is 5. The van der Waals surface area contributed by atoms with Crippen molar-refractivity contribution in [2.75, 3.05) is 4.72 Å². The van der Waals surface area contributed by atoms with Crippen molar-refractivity contribution in [3.63, 3.8) is 0 Å². The summed E-state index contributed by atoms with van der Waals surface area (Å²) in [5.41, 5.74) is 15.0. The quantitative estimate of drug-likeness (QED) is 0.167. The molecule has 2 rings (SSSR count). The van der Waals surface area contributed by atoms with Crippen molar-refractivity contribution >= 4 is 56.7 Å². The summed E-state index contributed by atoms with van der Waals surface area (Å²) in [7, 11) is -4.26. The number of nitrogens with zero attached hydrogens (tertiary/aromatic N) is 2. The highest BCUT2D eigenvalue weighted by molar-refractivity contribution is 7.92. The van der Waals surface area contributed by atoms with Gasteiger partial charge in [-0.25, -0.2) is 13.2 Å². The molecule has 19 heteroatoms. The number of carboxylic acids is 1. The highest BCUT2D eigenvalue weighted by Crippen LogP contribution is 2.26. The molecule has 0 spiro atoms. The highest BCUT2D eigenvalue weighted by atomic mass is 35.5. The van der Waals surface area contributed by atoms with Gasteiger partial charge in [0, 0.05) is 10.7 Å². The molecule has 8 N–H and O–H groups in total. The summed E-state index contributed by atoms with van der Waals surface area (Å²) in [5, 5.41) is 10.6. The Balaban J connectivity index is 0.000000905. The van der Waals surface area contributed by atoms with Gasteiger partial charge in [0.1, 0.15) is 10.6 Å². The lowest BCUT2D eigenvalue weighted by Gasteiger charge is -2.24. The van der Waals surface area contributed by atoms with Crippen LogP contribution in [0.1, 0.15) is 18.7 Å². The van der Waals surface area contributed by atoms with E-state index in [0.29, 0.717) is 5.69 Å². The first-order valence-electron chi connectivity index (χ1n) is 9.83. The smallest absolute Gasteiger partial charge is 0.475 e. The number of amides is 1. The summed E-state index contributed by atoms with van der Waals surface area (Å²) < 4.78 is 60.4. The second-order valence-electron chi connectivity index (χ2n) is 7.22.